The summed E-state index contributed by atoms with van der Waals surface area (Å²) in [6.07, 6.45) is 1.69. The van der Waals surface area contributed by atoms with Gasteiger partial charge in [0.15, 0.2) is 0 Å². The molecule has 0 saturated carbocycles. The lowest BCUT2D eigenvalue weighted by molar-refractivity contribution is 1.32. The van der Waals surface area contributed by atoms with Crippen molar-refractivity contribution in [3.63, 3.8) is 0 Å². The lowest BCUT2D eigenvalue weighted by atomic mass is 10.0. The normalized spacial score (nSPS) is 10.2. The molecule has 2 aromatic carbocycles. The zero-order valence-electron chi connectivity index (χ0n) is 10.8. The minimum absolute atomic E-state index is 0.479. The molecule has 0 aliphatic carbocycles. The summed E-state index contributed by atoms with van der Waals surface area (Å²) in [4.78, 5) is 3.99. The minimum Gasteiger partial charge on any atom is -0.355 e. The molecule has 0 aliphatic rings. The van der Waals surface area contributed by atoms with Crippen LogP contribution in [0, 0.1) is 0 Å². The van der Waals surface area contributed by atoms with Crippen LogP contribution in [0.5, 0.6) is 0 Å². The molecule has 0 unspecified atom stereocenters. The van der Waals surface area contributed by atoms with Crippen molar-refractivity contribution in [3.8, 4) is 11.1 Å². The molecule has 0 fully saturated rings. The molecule has 98 valence electrons. The number of pyridine rings is 1. The lowest BCUT2D eigenvalue weighted by Gasteiger charge is -2.12. The smallest absolute Gasteiger partial charge is 0.131 e. The van der Waals surface area contributed by atoms with Crippen LogP contribution in [0.1, 0.15) is 0 Å². The second kappa shape index (κ2) is 5.76. The Morgan fingerprint density at radius 2 is 1.60 bits per heavy atom. The molecule has 3 rings (SSSR count). The van der Waals surface area contributed by atoms with Crippen LogP contribution in [0.4, 0.5) is 11.4 Å². The quantitative estimate of drug-likeness (QED) is 0.672. The van der Waals surface area contributed by atoms with Crippen molar-refractivity contribution in [2.75, 3.05) is 5.32 Å². The lowest BCUT2D eigenvalue weighted by Crippen LogP contribution is -1.93. The van der Waals surface area contributed by atoms with Gasteiger partial charge in [-0.2, -0.15) is 0 Å². The highest BCUT2D eigenvalue weighted by Gasteiger charge is 2.04. The van der Waals surface area contributed by atoms with E-state index in [2.05, 4.69) is 34.6 Å². The second-order valence-corrected chi connectivity index (χ2v) is 4.79. The molecule has 0 saturated heterocycles. The predicted molar refractivity (Wildman–Crippen MR) is 84.4 cm³/mol. The van der Waals surface area contributed by atoms with Crippen molar-refractivity contribution in [1.82, 2.24) is 4.98 Å². The zero-order valence-corrected chi connectivity index (χ0v) is 11.5. The Morgan fingerprint density at radius 3 is 2.40 bits per heavy atom. The Kier molecular flexibility index (Phi) is 3.66. The largest absolute Gasteiger partial charge is 0.355 e. The first-order chi connectivity index (χ1) is 9.83. The van der Waals surface area contributed by atoms with Crippen LogP contribution in [0.2, 0.25) is 5.15 Å². The van der Waals surface area contributed by atoms with Gasteiger partial charge in [-0.15, -0.1) is 0 Å². The maximum Gasteiger partial charge on any atom is 0.131 e. The minimum atomic E-state index is 0.479. The molecule has 1 N–H and O–H groups in total. The number of anilines is 2. The fourth-order valence-electron chi connectivity index (χ4n) is 2.10. The molecule has 0 amide bonds. The number of hydrogen-bond donors (Lipinski definition) is 1. The number of hydrogen-bond acceptors (Lipinski definition) is 2. The van der Waals surface area contributed by atoms with Gasteiger partial charge < -0.3 is 5.32 Å². The Balaban J connectivity index is 1.99. The summed E-state index contributed by atoms with van der Waals surface area (Å²) in [6, 6.07) is 22.2. The Morgan fingerprint density at radius 1 is 0.850 bits per heavy atom. The Hall–Kier alpha value is -2.32. The molecule has 3 heteroatoms. The molecule has 0 aliphatic heterocycles. The van der Waals surface area contributed by atoms with E-state index in [1.54, 1.807) is 6.20 Å². The van der Waals surface area contributed by atoms with E-state index in [1.807, 2.05) is 42.5 Å². The van der Waals surface area contributed by atoms with Crippen LogP contribution >= 0.6 is 11.6 Å². The van der Waals surface area contributed by atoms with Crippen LogP contribution in [-0.4, -0.2) is 4.98 Å². The molecule has 0 radical (unpaired) electrons. The molecular formula is C17H13ClN2. The van der Waals surface area contributed by atoms with Gasteiger partial charge in [0.1, 0.15) is 5.15 Å². The summed E-state index contributed by atoms with van der Waals surface area (Å²) in [5, 5.41) is 3.87. The van der Waals surface area contributed by atoms with Crippen LogP contribution in [0.3, 0.4) is 0 Å². The number of halogens is 1. The average molecular weight is 281 g/mol. The fourth-order valence-corrected chi connectivity index (χ4v) is 2.27. The highest BCUT2D eigenvalue weighted by atomic mass is 35.5. The van der Waals surface area contributed by atoms with Gasteiger partial charge in [0, 0.05) is 23.1 Å². The summed E-state index contributed by atoms with van der Waals surface area (Å²) in [5.41, 5.74) is 4.30. The maximum absolute atomic E-state index is 5.92. The van der Waals surface area contributed by atoms with Gasteiger partial charge in [0.25, 0.3) is 0 Å². The number of rotatable bonds is 3. The van der Waals surface area contributed by atoms with Gasteiger partial charge in [-0.25, -0.2) is 4.98 Å². The van der Waals surface area contributed by atoms with Gasteiger partial charge in [-0.1, -0.05) is 60.1 Å². The fraction of sp³-hybridized carbons (Fsp3) is 0. The van der Waals surface area contributed by atoms with Crippen LogP contribution in [-0.2, 0) is 0 Å². The van der Waals surface area contributed by atoms with E-state index in [0.717, 1.165) is 16.9 Å². The monoisotopic (exact) mass is 280 g/mol. The van der Waals surface area contributed by atoms with E-state index in [0.29, 0.717) is 5.15 Å². The van der Waals surface area contributed by atoms with Crippen molar-refractivity contribution in [1.29, 1.82) is 0 Å². The highest BCUT2D eigenvalue weighted by molar-refractivity contribution is 6.29. The first-order valence-corrected chi connectivity index (χ1v) is 6.74. The van der Waals surface area contributed by atoms with E-state index >= 15 is 0 Å². The molecule has 0 bridgehead atoms. The third-order valence-electron chi connectivity index (χ3n) is 3.02. The van der Waals surface area contributed by atoms with E-state index in [1.165, 1.54) is 5.56 Å². The van der Waals surface area contributed by atoms with Gasteiger partial charge in [0.05, 0.1) is 0 Å². The van der Waals surface area contributed by atoms with Gasteiger partial charge in [0.2, 0.25) is 0 Å². The Bertz CT molecular complexity index is 711. The number of aromatic nitrogens is 1. The van der Waals surface area contributed by atoms with Crippen molar-refractivity contribution in [2.24, 2.45) is 0 Å². The standard InChI is InChI=1S/C17H13ClN2/c18-17-12-14(10-11-19-17)20-16-9-5-4-8-15(16)13-6-2-1-3-7-13/h1-12H,(H,19,20). The molecular weight excluding hydrogens is 268 g/mol. The topological polar surface area (TPSA) is 24.9 Å². The van der Waals surface area contributed by atoms with E-state index in [4.69, 9.17) is 11.6 Å². The number of para-hydroxylation sites is 1. The summed E-state index contributed by atoms with van der Waals surface area (Å²) < 4.78 is 0. The molecule has 2 nitrogen and oxygen atoms in total. The average Bonchev–Trinajstić information content (AvgIpc) is 2.49. The van der Waals surface area contributed by atoms with Crippen molar-refractivity contribution in [3.05, 3.63) is 78.1 Å². The summed E-state index contributed by atoms with van der Waals surface area (Å²) in [6.45, 7) is 0. The number of nitrogens with zero attached hydrogens (tertiary/aromatic N) is 1. The highest BCUT2D eigenvalue weighted by Crippen LogP contribution is 2.30. The molecule has 20 heavy (non-hydrogen) atoms. The van der Waals surface area contributed by atoms with E-state index < -0.39 is 0 Å². The molecule has 1 aromatic heterocycles. The number of benzene rings is 2. The SMILES string of the molecule is Clc1cc(Nc2ccccc2-c2ccccc2)ccn1. The van der Waals surface area contributed by atoms with Gasteiger partial charge in [-0.3, -0.25) is 0 Å². The van der Waals surface area contributed by atoms with Crippen LogP contribution in [0.15, 0.2) is 72.9 Å². The van der Waals surface area contributed by atoms with E-state index in [9.17, 15) is 0 Å². The zero-order chi connectivity index (χ0) is 13.8. The van der Waals surface area contributed by atoms with Gasteiger partial charge >= 0.3 is 0 Å². The maximum atomic E-state index is 5.92. The molecule has 1 heterocycles. The number of nitrogens with one attached hydrogen (secondary N) is 1. The summed E-state index contributed by atoms with van der Waals surface area (Å²) >= 11 is 5.92. The van der Waals surface area contributed by atoms with Crippen LogP contribution in [0.25, 0.3) is 11.1 Å². The molecule has 0 spiro atoms. The van der Waals surface area contributed by atoms with Crippen molar-refractivity contribution >= 4 is 23.0 Å². The summed E-state index contributed by atoms with van der Waals surface area (Å²) in [5.74, 6) is 0. The summed E-state index contributed by atoms with van der Waals surface area (Å²) in [7, 11) is 0. The van der Waals surface area contributed by atoms with Crippen LogP contribution < -0.4 is 5.32 Å². The first-order valence-electron chi connectivity index (χ1n) is 6.36. The molecule has 3 aromatic rings. The first kappa shape index (κ1) is 12.7. The van der Waals surface area contributed by atoms with E-state index in [-0.39, 0.29) is 0 Å². The molecule has 0 atom stereocenters. The second-order valence-electron chi connectivity index (χ2n) is 4.40. The third-order valence-corrected chi connectivity index (χ3v) is 3.22. The van der Waals surface area contributed by atoms with Crippen molar-refractivity contribution < 1.29 is 0 Å². The predicted octanol–water partition coefficient (Wildman–Crippen LogP) is 5.15. The third kappa shape index (κ3) is 2.81. The van der Waals surface area contributed by atoms with Crippen molar-refractivity contribution in [2.45, 2.75) is 0 Å². The Labute approximate surface area is 123 Å². The van der Waals surface area contributed by atoms with Gasteiger partial charge in [-0.05, 0) is 23.8 Å².